The van der Waals surface area contributed by atoms with E-state index in [2.05, 4.69) is 19.1 Å². The van der Waals surface area contributed by atoms with Crippen molar-refractivity contribution in [2.24, 2.45) is 0 Å². The van der Waals surface area contributed by atoms with Crippen molar-refractivity contribution in [3.8, 4) is 0 Å². The first-order chi connectivity index (χ1) is 10.8. The molecule has 1 heterocycles. The lowest BCUT2D eigenvalue weighted by Crippen LogP contribution is -2.23. The molecular weight excluding hydrogens is 272 g/mol. The van der Waals surface area contributed by atoms with Gasteiger partial charge in [-0.25, -0.2) is 0 Å². The summed E-state index contributed by atoms with van der Waals surface area (Å²) in [4.78, 5) is 0. The molecule has 2 nitrogen and oxygen atoms in total. The molecule has 0 amide bonds. The highest BCUT2D eigenvalue weighted by molar-refractivity contribution is 5.16. The third kappa shape index (κ3) is 6.10. The van der Waals surface area contributed by atoms with Gasteiger partial charge in [-0.15, -0.1) is 0 Å². The highest BCUT2D eigenvalue weighted by Crippen LogP contribution is 2.27. The highest BCUT2D eigenvalue weighted by Gasteiger charge is 2.33. The first kappa shape index (κ1) is 17.5. The molecule has 0 aliphatic carbocycles. The van der Waals surface area contributed by atoms with Crippen molar-refractivity contribution in [1.29, 1.82) is 0 Å². The lowest BCUT2D eigenvalue weighted by atomic mass is 10.0. The van der Waals surface area contributed by atoms with Gasteiger partial charge in [-0.2, -0.15) is 0 Å². The van der Waals surface area contributed by atoms with E-state index in [1.165, 1.54) is 50.5 Å². The topological polar surface area (TPSA) is 29.5 Å². The Morgan fingerprint density at radius 1 is 1.00 bits per heavy atom. The maximum Gasteiger partial charge on any atom is 0.0878 e. The number of rotatable bonds is 10. The van der Waals surface area contributed by atoms with Gasteiger partial charge in [0.25, 0.3) is 0 Å². The minimum absolute atomic E-state index is 0.0167. The summed E-state index contributed by atoms with van der Waals surface area (Å²) in [5.41, 5.74) is 1.25. The standard InChI is InChI=1S/C20H32O2/c1-2-3-4-5-6-7-11-14-18-16-19(21)20(22-18)15-17-12-9-8-10-13-17/h8-10,12-13,18-21H,2-7,11,14-16H2,1H3/t18-,19+,20+/m1/s1. The molecular formula is C20H32O2. The number of ether oxygens (including phenoxy) is 1. The summed E-state index contributed by atoms with van der Waals surface area (Å²) >= 11 is 0. The van der Waals surface area contributed by atoms with E-state index in [0.717, 1.165) is 19.3 Å². The fraction of sp³-hybridized carbons (Fsp3) is 0.700. The average molecular weight is 304 g/mol. The number of hydrogen-bond acceptors (Lipinski definition) is 2. The van der Waals surface area contributed by atoms with Crippen molar-refractivity contribution in [3.05, 3.63) is 35.9 Å². The summed E-state index contributed by atoms with van der Waals surface area (Å²) < 4.78 is 6.07. The van der Waals surface area contributed by atoms with Gasteiger partial charge >= 0.3 is 0 Å². The Labute approximate surface area is 135 Å². The molecule has 0 spiro atoms. The first-order valence-electron chi connectivity index (χ1n) is 9.17. The van der Waals surface area contributed by atoms with E-state index in [9.17, 15) is 5.11 Å². The molecule has 3 atom stereocenters. The van der Waals surface area contributed by atoms with Gasteiger partial charge in [-0.3, -0.25) is 0 Å². The third-order valence-corrected chi connectivity index (χ3v) is 4.71. The molecule has 124 valence electrons. The molecule has 0 saturated carbocycles. The van der Waals surface area contributed by atoms with Crippen molar-refractivity contribution in [2.75, 3.05) is 0 Å². The van der Waals surface area contributed by atoms with Crippen LogP contribution >= 0.6 is 0 Å². The highest BCUT2D eigenvalue weighted by atomic mass is 16.5. The van der Waals surface area contributed by atoms with Crippen LogP contribution in [-0.2, 0) is 11.2 Å². The second-order valence-electron chi connectivity index (χ2n) is 6.70. The summed E-state index contributed by atoms with van der Waals surface area (Å²) in [5.74, 6) is 0. The van der Waals surface area contributed by atoms with Gasteiger partial charge in [0.1, 0.15) is 0 Å². The summed E-state index contributed by atoms with van der Waals surface area (Å²) in [6.07, 6.45) is 12.0. The fourth-order valence-electron chi connectivity index (χ4n) is 3.36. The van der Waals surface area contributed by atoms with Crippen molar-refractivity contribution in [2.45, 2.75) is 89.4 Å². The Morgan fingerprint density at radius 2 is 1.68 bits per heavy atom. The van der Waals surface area contributed by atoms with Crippen LogP contribution in [0.25, 0.3) is 0 Å². The van der Waals surface area contributed by atoms with E-state index >= 15 is 0 Å². The zero-order valence-electron chi connectivity index (χ0n) is 14.0. The molecule has 1 fully saturated rings. The third-order valence-electron chi connectivity index (χ3n) is 4.71. The van der Waals surface area contributed by atoms with Crippen LogP contribution in [0.4, 0.5) is 0 Å². The molecule has 2 heteroatoms. The van der Waals surface area contributed by atoms with Crippen LogP contribution in [0.15, 0.2) is 30.3 Å². The predicted molar refractivity (Wildman–Crippen MR) is 92.0 cm³/mol. The molecule has 22 heavy (non-hydrogen) atoms. The molecule has 0 aromatic heterocycles. The first-order valence-corrected chi connectivity index (χ1v) is 9.17. The van der Waals surface area contributed by atoms with Crippen LogP contribution in [0.5, 0.6) is 0 Å². The number of aliphatic hydroxyl groups excluding tert-OH is 1. The predicted octanol–water partition coefficient (Wildman–Crippen LogP) is 4.89. The maximum absolute atomic E-state index is 10.2. The number of benzene rings is 1. The van der Waals surface area contributed by atoms with Crippen LogP contribution in [-0.4, -0.2) is 23.4 Å². The molecule has 0 unspecified atom stereocenters. The molecule has 0 radical (unpaired) electrons. The minimum Gasteiger partial charge on any atom is -0.390 e. The molecule has 1 aliphatic rings. The summed E-state index contributed by atoms with van der Waals surface area (Å²) in [6, 6.07) is 10.3. The lowest BCUT2D eigenvalue weighted by molar-refractivity contribution is 0.00757. The van der Waals surface area contributed by atoms with Gasteiger partial charge in [0.05, 0.1) is 18.3 Å². The van der Waals surface area contributed by atoms with E-state index in [-0.39, 0.29) is 18.3 Å². The van der Waals surface area contributed by atoms with E-state index < -0.39 is 0 Å². The SMILES string of the molecule is CCCCCCCCC[C@@H]1C[C@H](O)[C@H](Cc2ccccc2)O1. The minimum atomic E-state index is -0.297. The van der Waals surface area contributed by atoms with Crippen LogP contribution < -0.4 is 0 Å². The summed E-state index contributed by atoms with van der Waals surface area (Å²) in [5, 5.41) is 10.2. The lowest BCUT2D eigenvalue weighted by Gasteiger charge is -2.15. The number of aliphatic hydroxyl groups is 1. The van der Waals surface area contributed by atoms with Gasteiger partial charge in [-0.1, -0.05) is 82.2 Å². The van der Waals surface area contributed by atoms with Crippen LogP contribution in [0.3, 0.4) is 0 Å². The molecule has 1 N–H and O–H groups in total. The van der Waals surface area contributed by atoms with Gasteiger partial charge < -0.3 is 9.84 Å². The second-order valence-corrected chi connectivity index (χ2v) is 6.70. The second kappa shape index (κ2) is 10.0. The molecule has 1 aromatic carbocycles. The average Bonchev–Trinajstić information content (AvgIpc) is 2.87. The number of hydrogen-bond donors (Lipinski definition) is 1. The Kier molecular flexibility index (Phi) is 7.96. The van der Waals surface area contributed by atoms with Gasteiger partial charge in [0.2, 0.25) is 0 Å². The summed E-state index contributed by atoms with van der Waals surface area (Å²) in [7, 11) is 0. The van der Waals surface area contributed by atoms with Crippen molar-refractivity contribution in [3.63, 3.8) is 0 Å². The van der Waals surface area contributed by atoms with Crippen LogP contribution in [0.1, 0.15) is 70.3 Å². The normalized spacial score (nSPS) is 24.7. The Balaban J connectivity index is 1.60. The van der Waals surface area contributed by atoms with E-state index in [1.54, 1.807) is 0 Å². The van der Waals surface area contributed by atoms with E-state index in [0.29, 0.717) is 0 Å². The Bertz CT molecular complexity index is 390. The Hall–Kier alpha value is -0.860. The number of unbranched alkanes of at least 4 members (excludes halogenated alkanes) is 6. The van der Waals surface area contributed by atoms with E-state index in [4.69, 9.17) is 4.74 Å². The summed E-state index contributed by atoms with van der Waals surface area (Å²) in [6.45, 7) is 2.26. The molecule has 1 aromatic rings. The van der Waals surface area contributed by atoms with Crippen molar-refractivity contribution in [1.82, 2.24) is 0 Å². The fourth-order valence-corrected chi connectivity index (χ4v) is 3.36. The van der Waals surface area contributed by atoms with Gasteiger partial charge in [0.15, 0.2) is 0 Å². The quantitative estimate of drug-likeness (QED) is 0.624. The molecule has 0 bridgehead atoms. The largest absolute Gasteiger partial charge is 0.390 e. The van der Waals surface area contributed by atoms with Crippen molar-refractivity contribution < 1.29 is 9.84 Å². The maximum atomic E-state index is 10.2. The smallest absolute Gasteiger partial charge is 0.0878 e. The zero-order valence-corrected chi connectivity index (χ0v) is 14.0. The van der Waals surface area contributed by atoms with Crippen LogP contribution in [0.2, 0.25) is 0 Å². The van der Waals surface area contributed by atoms with Crippen molar-refractivity contribution >= 4 is 0 Å². The Morgan fingerprint density at radius 3 is 2.41 bits per heavy atom. The molecule has 2 rings (SSSR count). The zero-order chi connectivity index (χ0) is 15.6. The van der Waals surface area contributed by atoms with Crippen LogP contribution in [0, 0.1) is 0 Å². The van der Waals surface area contributed by atoms with Gasteiger partial charge in [-0.05, 0) is 12.0 Å². The van der Waals surface area contributed by atoms with Gasteiger partial charge in [0, 0.05) is 12.8 Å². The molecule has 1 saturated heterocycles. The monoisotopic (exact) mass is 304 g/mol. The van der Waals surface area contributed by atoms with E-state index in [1.807, 2.05) is 18.2 Å². The molecule has 1 aliphatic heterocycles.